The van der Waals surface area contributed by atoms with E-state index in [1.807, 2.05) is 0 Å². The molecule has 5 nitrogen and oxygen atoms in total. The molecule has 0 saturated carbocycles. The van der Waals surface area contributed by atoms with E-state index in [2.05, 4.69) is 0 Å². The Morgan fingerprint density at radius 2 is 1.38 bits per heavy atom. The van der Waals surface area contributed by atoms with Gasteiger partial charge in [0.05, 0.1) is 11.1 Å². The molecule has 0 radical (unpaired) electrons. The number of ketones is 1. The van der Waals surface area contributed by atoms with Gasteiger partial charge in [-0.3, -0.25) is 14.4 Å². The molecular formula is C19H16N2O3. The minimum Gasteiger partial charge on any atom is -0.382 e. The van der Waals surface area contributed by atoms with Gasteiger partial charge in [0.25, 0.3) is 11.8 Å². The molecule has 0 spiro atoms. The van der Waals surface area contributed by atoms with E-state index in [0.29, 0.717) is 16.7 Å². The van der Waals surface area contributed by atoms with Gasteiger partial charge in [-0.1, -0.05) is 42.5 Å². The van der Waals surface area contributed by atoms with E-state index < -0.39 is 11.8 Å². The lowest BCUT2D eigenvalue weighted by Gasteiger charge is -2.19. The van der Waals surface area contributed by atoms with Crippen LogP contribution in [0.25, 0.3) is 0 Å². The van der Waals surface area contributed by atoms with Gasteiger partial charge in [0.2, 0.25) is 5.78 Å². The number of Topliss-reactive ketones (excluding diaryl/α,β-unsaturated/α-hetero) is 1. The van der Waals surface area contributed by atoms with Crippen molar-refractivity contribution in [1.82, 2.24) is 9.80 Å². The van der Waals surface area contributed by atoms with Crippen LogP contribution in [0.15, 0.2) is 66.5 Å². The van der Waals surface area contributed by atoms with Crippen molar-refractivity contribution < 1.29 is 14.4 Å². The Bertz CT molecular complexity index is 819. The van der Waals surface area contributed by atoms with Crippen LogP contribution in [0.3, 0.4) is 0 Å². The van der Waals surface area contributed by atoms with Crippen LogP contribution in [0, 0.1) is 0 Å². The van der Waals surface area contributed by atoms with E-state index in [4.69, 9.17) is 0 Å². The van der Waals surface area contributed by atoms with Crippen LogP contribution in [-0.4, -0.2) is 41.5 Å². The SMILES string of the molecule is CN(C)/C=C(/C(=O)c1ccccc1)N1C(=O)c2ccccc2C1=O. The Morgan fingerprint density at radius 3 is 1.88 bits per heavy atom. The van der Waals surface area contributed by atoms with Gasteiger partial charge in [0.1, 0.15) is 5.70 Å². The monoisotopic (exact) mass is 320 g/mol. The van der Waals surface area contributed by atoms with Crippen molar-refractivity contribution in [1.29, 1.82) is 0 Å². The van der Waals surface area contributed by atoms with Crippen LogP contribution in [0.1, 0.15) is 31.1 Å². The molecule has 5 heteroatoms. The maximum atomic E-state index is 12.9. The van der Waals surface area contributed by atoms with E-state index >= 15 is 0 Å². The van der Waals surface area contributed by atoms with Gasteiger partial charge in [-0.25, -0.2) is 4.90 Å². The van der Waals surface area contributed by atoms with Crippen molar-refractivity contribution in [3.63, 3.8) is 0 Å². The van der Waals surface area contributed by atoms with Crippen LogP contribution in [0.5, 0.6) is 0 Å². The largest absolute Gasteiger partial charge is 0.382 e. The lowest BCUT2D eigenvalue weighted by atomic mass is 10.1. The Labute approximate surface area is 139 Å². The number of rotatable bonds is 4. The summed E-state index contributed by atoms with van der Waals surface area (Å²) in [6.07, 6.45) is 1.50. The fourth-order valence-electron chi connectivity index (χ4n) is 2.61. The summed E-state index contributed by atoms with van der Waals surface area (Å²) in [5, 5.41) is 0. The number of allylic oxidation sites excluding steroid dienone is 1. The summed E-state index contributed by atoms with van der Waals surface area (Å²) in [4.78, 5) is 40.8. The summed E-state index contributed by atoms with van der Waals surface area (Å²) < 4.78 is 0. The molecule has 0 aromatic heterocycles. The number of amides is 2. The van der Waals surface area contributed by atoms with E-state index in [1.165, 1.54) is 6.20 Å². The zero-order valence-electron chi connectivity index (χ0n) is 13.4. The van der Waals surface area contributed by atoms with Crippen LogP contribution in [-0.2, 0) is 0 Å². The van der Waals surface area contributed by atoms with Crippen LogP contribution in [0.2, 0.25) is 0 Å². The molecule has 0 saturated heterocycles. The predicted octanol–water partition coefficient (Wildman–Crippen LogP) is 2.57. The highest BCUT2D eigenvalue weighted by molar-refractivity contribution is 6.26. The molecule has 120 valence electrons. The van der Waals surface area contributed by atoms with Crippen molar-refractivity contribution >= 4 is 17.6 Å². The third-order valence-corrected chi connectivity index (χ3v) is 3.68. The molecular weight excluding hydrogens is 304 g/mol. The molecule has 0 bridgehead atoms. The van der Waals surface area contributed by atoms with Crippen molar-refractivity contribution in [3.05, 3.63) is 83.2 Å². The molecule has 0 N–H and O–H groups in total. The molecule has 0 aliphatic carbocycles. The first-order valence-corrected chi connectivity index (χ1v) is 7.46. The maximum absolute atomic E-state index is 12.9. The molecule has 0 atom stereocenters. The van der Waals surface area contributed by atoms with Gasteiger partial charge < -0.3 is 4.90 Å². The number of nitrogens with zero attached hydrogens (tertiary/aromatic N) is 2. The second-order valence-electron chi connectivity index (χ2n) is 5.66. The van der Waals surface area contributed by atoms with E-state index in [9.17, 15) is 14.4 Å². The summed E-state index contributed by atoms with van der Waals surface area (Å²) in [6.45, 7) is 0. The van der Waals surface area contributed by atoms with E-state index in [-0.39, 0.29) is 11.5 Å². The smallest absolute Gasteiger partial charge is 0.266 e. The second kappa shape index (κ2) is 6.12. The predicted molar refractivity (Wildman–Crippen MR) is 89.5 cm³/mol. The van der Waals surface area contributed by atoms with Gasteiger partial charge in [0.15, 0.2) is 0 Å². The van der Waals surface area contributed by atoms with Crippen molar-refractivity contribution in [2.24, 2.45) is 0 Å². The molecule has 24 heavy (non-hydrogen) atoms. The van der Waals surface area contributed by atoms with E-state index in [1.54, 1.807) is 73.6 Å². The van der Waals surface area contributed by atoms with Crippen molar-refractivity contribution in [2.75, 3.05) is 14.1 Å². The van der Waals surface area contributed by atoms with E-state index in [0.717, 1.165) is 4.90 Å². The molecule has 0 unspecified atom stereocenters. The minimum atomic E-state index is -0.479. The Hall–Kier alpha value is -3.21. The number of carbonyl (C=O) groups excluding carboxylic acids is 3. The Morgan fingerprint density at radius 1 is 0.875 bits per heavy atom. The molecule has 1 heterocycles. The summed E-state index contributed by atoms with van der Waals surface area (Å²) in [7, 11) is 3.47. The molecule has 3 rings (SSSR count). The third-order valence-electron chi connectivity index (χ3n) is 3.68. The normalized spacial score (nSPS) is 13.9. The number of fused-ring (bicyclic) bond motifs is 1. The lowest BCUT2D eigenvalue weighted by Crippen LogP contribution is -2.34. The van der Waals surface area contributed by atoms with Gasteiger partial charge >= 0.3 is 0 Å². The molecule has 0 fully saturated rings. The second-order valence-corrected chi connectivity index (χ2v) is 5.66. The molecule has 1 aliphatic heterocycles. The first kappa shape index (κ1) is 15.7. The Kier molecular flexibility index (Phi) is 4.00. The standard InChI is InChI=1S/C19H16N2O3/c1-20(2)12-16(17(22)13-8-4-3-5-9-13)21-18(23)14-10-6-7-11-15(14)19(21)24/h3-12H,1-2H3/b16-12-. The first-order chi connectivity index (χ1) is 11.5. The zero-order chi connectivity index (χ0) is 17.3. The average molecular weight is 320 g/mol. The lowest BCUT2D eigenvalue weighted by molar-refractivity contribution is 0.0675. The van der Waals surface area contributed by atoms with Crippen molar-refractivity contribution in [3.8, 4) is 0 Å². The average Bonchev–Trinajstić information content (AvgIpc) is 2.84. The number of benzene rings is 2. The van der Waals surface area contributed by atoms with Gasteiger partial charge in [-0.05, 0) is 12.1 Å². The summed E-state index contributed by atoms with van der Waals surface area (Å²) in [5.41, 5.74) is 1.08. The number of hydrogen-bond acceptors (Lipinski definition) is 4. The fraction of sp³-hybridized carbons (Fsp3) is 0.105. The summed E-state index contributed by atoms with van der Waals surface area (Å²) in [6, 6.07) is 15.2. The highest BCUT2D eigenvalue weighted by atomic mass is 16.2. The topological polar surface area (TPSA) is 57.7 Å². The van der Waals surface area contributed by atoms with Gasteiger partial charge in [0, 0.05) is 25.9 Å². The highest BCUT2D eigenvalue weighted by Gasteiger charge is 2.39. The van der Waals surface area contributed by atoms with Gasteiger partial charge in [-0.2, -0.15) is 0 Å². The first-order valence-electron chi connectivity index (χ1n) is 7.46. The zero-order valence-corrected chi connectivity index (χ0v) is 13.4. The minimum absolute atomic E-state index is 0.0393. The number of imide groups is 1. The van der Waals surface area contributed by atoms with Crippen LogP contribution >= 0.6 is 0 Å². The third kappa shape index (κ3) is 2.60. The molecule has 1 aliphatic rings. The van der Waals surface area contributed by atoms with Crippen LogP contribution < -0.4 is 0 Å². The maximum Gasteiger partial charge on any atom is 0.266 e. The number of hydrogen-bond donors (Lipinski definition) is 0. The molecule has 2 aromatic carbocycles. The molecule has 2 aromatic rings. The van der Waals surface area contributed by atoms with Gasteiger partial charge in [-0.15, -0.1) is 0 Å². The van der Waals surface area contributed by atoms with Crippen molar-refractivity contribution in [2.45, 2.75) is 0 Å². The highest BCUT2D eigenvalue weighted by Crippen LogP contribution is 2.27. The molecule has 2 amide bonds. The fourth-order valence-corrected chi connectivity index (χ4v) is 2.61. The summed E-state index contributed by atoms with van der Waals surface area (Å²) >= 11 is 0. The quantitative estimate of drug-likeness (QED) is 0.493. The van der Waals surface area contributed by atoms with Crippen LogP contribution in [0.4, 0.5) is 0 Å². The number of carbonyl (C=O) groups is 3. The Balaban J connectivity index is 2.08. The summed E-state index contributed by atoms with van der Waals surface area (Å²) in [5.74, 6) is -1.33.